The van der Waals surface area contributed by atoms with Crippen LogP contribution in [0.3, 0.4) is 0 Å². The zero-order valence-electron chi connectivity index (χ0n) is 22.1. The normalized spacial score (nSPS) is 14.2. The first-order valence-corrected chi connectivity index (χ1v) is 12.9. The molecule has 0 aliphatic carbocycles. The van der Waals surface area contributed by atoms with E-state index in [1.807, 2.05) is 30.3 Å². The van der Waals surface area contributed by atoms with E-state index < -0.39 is 0 Å². The highest BCUT2D eigenvalue weighted by Gasteiger charge is 2.18. The molecule has 0 bridgehead atoms. The summed E-state index contributed by atoms with van der Waals surface area (Å²) in [6.45, 7) is 2.46. The molecule has 2 aromatic carbocycles. The summed E-state index contributed by atoms with van der Waals surface area (Å²) >= 11 is 0. The lowest BCUT2D eigenvalue weighted by molar-refractivity contribution is 0.0534. The van der Waals surface area contributed by atoms with Crippen LogP contribution in [0.2, 0.25) is 0 Å². The van der Waals surface area contributed by atoms with Gasteiger partial charge in [-0.3, -0.25) is 10.4 Å². The van der Waals surface area contributed by atoms with E-state index in [-0.39, 0.29) is 29.9 Å². The number of benzene rings is 2. The fraction of sp³-hybridized carbons (Fsp3) is 0.200. The van der Waals surface area contributed by atoms with Crippen molar-refractivity contribution in [3.8, 4) is 11.1 Å². The second-order valence-corrected chi connectivity index (χ2v) is 9.29. The summed E-state index contributed by atoms with van der Waals surface area (Å²) in [4.78, 5) is 25.9. The van der Waals surface area contributed by atoms with Crippen molar-refractivity contribution in [1.82, 2.24) is 20.2 Å². The number of anilines is 1. The van der Waals surface area contributed by atoms with Gasteiger partial charge in [0.05, 0.1) is 24.6 Å². The number of allylic oxidation sites excluding steroid dienone is 1. The number of urea groups is 1. The smallest absolute Gasteiger partial charge is 0.317 e. The number of halogens is 1. The summed E-state index contributed by atoms with van der Waals surface area (Å²) in [7, 11) is 1.66. The predicted octanol–water partition coefficient (Wildman–Crippen LogP) is 4.49. The molecule has 0 atom stereocenters. The monoisotopic (exact) mass is 539 g/mol. The van der Waals surface area contributed by atoms with Gasteiger partial charge in [0.2, 0.25) is 0 Å². The zero-order chi connectivity index (χ0) is 28.1. The molecule has 10 heteroatoms. The largest absolute Gasteiger partial charge is 0.383 e. The number of amides is 2. The molecule has 0 saturated carbocycles. The fourth-order valence-electron chi connectivity index (χ4n) is 4.69. The molecule has 2 amide bonds. The molecule has 40 heavy (non-hydrogen) atoms. The fourth-order valence-corrected chi connectivity index (χ4v) is 4.69. The molecule has 9 nitrogen and oxygen atoms in total. The van der Waals surface area contributed by atoms with E-state index in [0.29, 0.717) is 48.7 Å². The minimum atomic E-state index is -0.313. The second-order valence-electron chi connectivity index (χ2n) is 9.29. The van der Waals surface area contributed by atoms with Gasteiger partial charge in [-0.25, -0.2) is 14.2 Å². The molecule has 5 N–H and O–H groups in total. The maximum absolute atomic E-state index is 14.6. The molecule has 1 fully saturated rings. The van der Waals surface area contributed by atoms with Crippen molar-refractivity contribution in [2.45, 2.75) is 0 Å². The van der Waals surface area contributed by atoms with Crippen LogP contribution in [0.4, 0.5) is 15.0 Å². The number of carbonyl (C=O) groups is 1. The molecule has 4 aromatic rings. The lowest BCUT2D eigenvalue weighted by Gasteiger charge is -2.26. The van der Waals surface area contributed by atoms with Crippen molar-refractivity contribution in [2.75, 3.05) is 45.6 Å². The highest BCUT2D eigenvalue weighted by atomic mass is 19.1. The van der Waals surface area contributed by atoms with Crippen molar-refractivity contribution >= 4 is 40.3 Å². The maximum Gasteiger partial charge on any atom is 0.317 e. The number of nitrogens with zero attached hydrogens (tertiary/aromatic N) is 3. The Labute approximate surface area is 231 Å². The van der Waals surface area contributed by atoms with Gasteiger partial charge in [0.15, 0.2) is 0 Å². The number of H-pyrrole nitrogens is 1. The molecular weight excluding hydrogens is 509 g/mol. The second kappa shape index (κ2) is 11.9. The van der Waals surface area contributed by atoms with Crippen molar-refractivity contribution in [2.24, 2.45) is 4.99 Å². The number of fused-ring (bicyclic) bond motifs is 1. The van der Waals surface area contributed by atoms with Crippen LogP contribution in [0.15, 0.2) is 71.9 Å². The average molecular weight is 540 g/mol. The quantitative estimate of drug-likeness (QED) is 0.258. The van der Waals surface area contributed by atoms with Crippen molar-refractivity contribution in [1.29, 1.82) is 5.41 Å². The van der Waals surface area contributed by atoms with Crippen molar-refractivity contribution in [3.05, 3.63) is 89.5 Å². The lowest BCUT2D eigenvalue weighted by atomic mass is 10.00. The van der Waals surface area contributed by atoms with E-state index in [1.54, 1.807) is 48.6 Å². The molecule has 1 aliphatic rings. The number of morpholine rings is 1. The Morgan fingerprint density at radius 1 is 1.20 bits per heavy atom. The van der Waals surface area contributed by atoms with Gasteiger partial charge in [-0.1, -0.05) is 36.4 Å². The van der Waals surface area contributed by atoms with Gasteiger partial charge < -0.3 is 25.7 Å². The molecule has 0 spiro atoms. The number of nitrogens with one attached hydrogen (secondary N) is 3. The Hall–Kier alpha value is -4.83. The van der Waals surface area contributed by atoms with Gasteiger partial charge in [0, 0.05) is 66.7 Å². The molecular formula is C30H30FN7O2. The number of carbonyl (C=O) groups excluding carboxylic acids is 1. The molecule has 204 valence electrons. The summed E-state index contributed by atoms with van der Waals surface area (Å²) in [5.74, 6) is -0.109. The maximum atomic E-state index is 14.6. The SMILES string of the molecule is CN=C/C(=C\CNC(=O)N1CCOCC1)c1cnc(N)c(C(=N)c2cc3c(-c4ccccc4F)cccc3[nH]2)c1. The number of aliphatic imine (C=N–C) groups is 1. The van der Waals surface area contributed by atoms with Gasteiger partial charge in [0.25, 0.3) is 0 Å². The first-order valence-electron chi connectivity index (χ1n) is 12.9. The molecule has 0 unspecified atom stereocenters. The van der Waals surface area contributed by atoms with Crippen LogP contribution in [0.1, 0.15) is 16.8 Å². The highest BCUT2D eigenvalue weighted by Crippen LogP contribution is 2.32. The molecule has 1 aliphatic heterocycles. The van der Waals surface area contributed by atoms with Crippen LogP contribution >= 0.6 is 0 Å². The van der Waals surface area contributed by atoms with E-state index in [2.05, 4.69) is 20.3 Å². The van der Waals surface area contributed by atoms with Crippen LogP contribution in [-0.4, -0.2) is 72.7 Å². The summed E-state index contributed by atoms with van der Waals surface area (Å²) in [5, 5.41) is 12.7. The first kappa shape index (κ1) is 26.8. The minimum Gasteiger partial charge on any atom is -0.383 e. The number of hydrogen-bond donors (Lipinski definition) is 4. The van der Waals surface area contributed by atoms with Gasteiger partial charge >= 0.3 is 6.03 Å². The molecule has 3 heterocycles. The van der Waals surface area contributed by atoms with Crippen LogP contribution < -0.4 is 11.1 Å². The van der Waals surface area contributed by atoms with Gasteiger partial charge in [-0.15, -0.1) is 0 Å². The third kappa shape index (κ3) is 5.62. The summed E-state index contributed by atoms with van der Waals surface area (Å²) < 4.78 is 19.9. The minimum absolute atomic E-state index is 0.149. The number of aromatic amines is 1. The Kier molecular flexibility index (Phi) is 7.97. The number of aromatic nitrogens is 2. The third-order valence-corrected chi connectivity index (χ3v) is 6.76. The summed E-state index contributed by atoms with van der Waals surface area (Å²) in [5.41, 5.74) is 10.7. The number of nitrogens with two attached hydrogens (primary N) is 1. The Morgan fingerprint density at radius 3 is 2.75 bits per heavy atom. The Bertz CT molecular complexity index is 1620. The van der Waals surface area contributed by atoms with Crippen molar-refractivity contribution in [3.63, 3.8) is 0 Å². The standard InChI is InChI=1S/C30H30FN7O2/c1-34-17-19(9-10-35-30(39)38-11-13-40-14-12-38)20-15-24(29(33)36-18-20)28(32)27-16-23-21(6-4-8-26(23)37-27)22-5-2-3-7-25(22)31/h2-9,15-18,32,37H,10-14H2,1H3,(H2,33,36)(H,35,39)/b19-9+,32-28?,34-17?. The number of hydrogen-bond acceptors (Lipinski definition) is 6. The van der Waals surface area contributed by atoms with E-state index in [0.717, 1.165) is 22.0 Å². The van der Waals surface area contributed by atoms with E-state index in [1.165, 1.54) is 6.07 Å². The third-order valence-electron chi connectivity index (χ3n) is 6.76. The molecule has 0 radical (unpaired) electrons. The van der Waals surface area contributed by atoms with E-state index in [9.17, 15) is 9.18 Å². The van der Waals surface area contributed by atoms with Gasteiger partial charge in [0.1, 0.15) is 11.6 Å². The zero-order valence-corrected chi connectivity index (χ0v) is 22.1. The highest BCUT2D eigenvalue weighted by molar-refractivity contribution is 6.16. The molecule has 5 rings (SSSR count). The number of pyridine rings is 1. The Morgan fingerprint density at radius 2 is 1.98 bits per heavy atom. The van der Waals surface area contributed by atoms with Gasteiger partial charge in [-0.05, 0) is 35.4 Å². The van der Waals surface area contributed by atoms with Crippen LogP contribution in [0.5, 0.6) is 0 Å². The van der Waals surface area contributed by atoms with Crippen LogP contribution in [0.25, 0.3) is 27.6 Å². The predicted molar refractivity (Wildman–Crippen MR) is 156 cm³/mol. The van der Waals surface area contributed by atoms with E-state index >= 15 is 0 Å². The first-order chi connectivity index (χ1) is 19.5. The van der Waals surface area contributed by atoms with Crippen LogP contribution in [0, 0.1) is 11.2 Å². The van der Waals surface area contributed by atoms with Gasteiger partial charge in [-0.2, -0.15) is 0 Å². The number of ether oxygens (including phenoxy) is 1. The Balaban J connectivity index is 1.42. The van der Waals surface area contributed by atoms with Crippen LogP contribution in [-0.2, 0) is 4.74 Å². The number of nitrogen functional groups attached to an aromatic ring is 1. The van der Waals surface area contributed by atoms with Crippen molar-refractivity contribution < 1.29 is 13.9 Å². The summed E-state index contributed by atoms with van der Waals surface area (Å²) in [6, 6.07) is 15.7. The summed E-state index contributed by atoms with van der Waals surface area (Å²) in [6.07, 6.45) is 5.13. The average Bonchev–Trinajstić information content (AvgIpc) is 3.42. The molecule has 2 aromatic heterocycles. The molecule has 1 saturated heterocycles. The lowest BCUT2D eigenvalue weighted by Crippen LogP contribution is -2.46. The number of rotatable bonds is 7. The van der Waals surface area contributed by atoms with E-state index in [4.69, 9.17) is 15.9 Å². The topological polar surface area (TPSA) is 132 Å².